The molecule has 1 atom stereocenters. The maximum absolute atomic E-state index is 12.5. The average Bonchev–Trinajstić information content (AvgIpc) is 2.69. The van der Waals surface area contributed by atoms with Gasteiger partial charge in [-0.2, -0.15) is 0 Å². The molecule has 0 fully saturated rings. The van der Waals surface area contributed by atoms with E-state index in [9.17, 15) is 9.00 Å². The van der Waals surface area contributed by atoms with Gasteiger partial charge in [0.1, 0.15) is 0 Å². The van der Waals surface area contributed by atoms with Crippen LogP contribution in [0.15, 0.2) is 89.8 Å². The number of benzene rings is 3. The van der Waals surface area contributed by atoms with Crippen molar-refractivity contribution in [1.29, 1.82) is 0 Å². The first-order valence-corrected chi connectivity index (χ1v) is 10.0. The van der Waals surface area contributed by atoms with E-state index in [1.807, 2.05) is 36.4 Å². The first-order chi connectivity index (χ1) is 12.6. The third kappa shape index (κ3) is 4.46. The van der Waals surface area contributed by atoms with E-state index in [0.29, 0.717) is 17.0 Å². The first kappa shape index (κ1) is 18.1. The largest absolute Gasteiger partial charge is 0.351 e. The van der Waals surface area contributed by atoms with E-state index >= 15 is 0 Å². The zero-order valence-electron chi connectivity index (χ0n) is 14.6. The molecule has 0 saturated heterocycles. The number of carbonyl (C=O) groups is 1. The molecule has 3 aromatic rings. The monoisotopic (exact) mass is 363 g/mol. The van der Waals surface area contributed by atoms with Crippen molar-refractivity contribution >= 4 is 16.7 Å². The molecular weight excluding hydrogens is 342 g/mol. The molecule has 1 unspecified atom stereocenters. The van der Waals surface area contributed by atoms with Gasteiger partial charge in [0.2, 0.25) is 0 Å². The van der Waals surface area contributed by atoms with Crippen LogP contribution in [0.2, 0.25) is 0 Å². The summed E-state index contributed by atoms with van der Waals surface area (Å²) in [5.41, 5.74) is 2.89. The lowest BCUT2D eigenvalue weighted by molar-refractivity contribution is 0.0952. The molecule has 1 N–H and O–H groups in total. The lowest BCUT2D eigenvalue weighted by Gasteiger charge is -2.19. The van der Waals surface area contributed by atoms with Crippen LogP contribution in [0.25, 0.3) is 0 Å². The Bertz CT molecular complexity index is 838. The molecule has 26 heavy (non-hydrogen) atoms. The van der Waals surface area contributed by atoms with Gasteiger partial charge in [0.25, 0.3) is 5.91 Å². The van der Waals surface area contributed by atoms with Crippen LogP contribution in [0.4, 0.5) is 0 Å². The number of rotatable bonds is 6. The highest BCUT2D eigenvalue weighted by Gasteiger charge is 2.15. The molecule has 132 valence electrons. The van der Waals surface area contributed by atoms with Gasteiger partial charge in [-0.05, 0) is 35.4 Å². The van der Waals surface area contributed by atoms with Gasteiger partial charge in [-0.25, -0.2) is 0 Å². The van der Waals surface area contributed by atoms with E-state index in [-0.39, 0.29) is 11.8 Å². The quantitative estimate of drug-likeness (QED) is 0.720. The number of amides is 1. The summed E-state index contributed by atoms with van der Waals surface area (Å²) in [7, 11) is -1.04. The fourth-order valence-corrected chi connectivity index (χ4v) is 3.41. The molecule has 0 aliphatic carbocycles. The van der Waals surface area contributed by atoms with E-state index in [1.165, 1.54) is 0 Å². The summed E-state index contributed by atoms with van der Waals surface area (Å²) in [6, 6.07) is 27.2. The zero-order chi connectivity index (χ0) is 18.4. The van der Waals surface area contributed by atoms with E-state index < -0.39 is 10.8 Å². The predicted octanol–water partition coefficient (Wildman–Crippen LogP) is 3.99. The molecule has 0 aromatic heterocycles. The first-order valence-electron chi connectivity index (χ1n) is 8.47. The predicted molar refractivity (Wildman–Crippen MR) is 106 cm³/mol. The molecule has 3 nitrogen and oxygen atoms in total. The third-order valence-corrected chi connectivity index (χ3v) is 5.26. The molecule has 0 radical (unpaired) electrons. The minimum atomic E-state index is -1.04. The molecule has 0 heterocycles. The van der Waals surface area contributed by atoms with Crippen LogP contribution < -0.4 is 5.32 Å². The second kappa shape index (κ2) is 8.59. The van der Waals surface area contributed by atoms with Crippen LogP contribution in [-0.4, -0.2) is 22.9 Å². The minimum absolute atomic E-state index is 0.0868. The highest BCUT2D eigenvalue weighted by atomic mass is 32.2. The van der Waals surface area contributed by atoms with Crippen LogP contribution in [0.3, 0.4) is 0 Å². The molecule has 0 aliphatic rings. The number of carbonyl (C=O) groups excluding carboxylic acids is 1. The normalized spacial score (nSPS) is 11.9. The molecule has 0 saturated carbocycles. The molecule has 4 heteroatoms. The lowest BCUT2D eigenvalue weighted by Crippen LogP contribution is -2.28. The molecule has 3 rings (SSSR count). The topological polar surface area (TPSA) is 46.2 Å². The highest BCUT2D eigenvalue weighted by molar-refractivity contribution is 7.84. The van der Waals surface area contributed by atoms with Crippen LogP contribution in [0.1, 0.15) is 27.4 Å². The van der Waals surface area contributed by atoms with Crippen molar-refractivity contribution in [2.75, 3.05) is 12.8 Å². The Morgan fingerprint density at radius 3 is 1.81 bits per heavy atom. The molecular formula is C22H21NO2S. The van der Waals surface area contributed by atoms with E-state index in [4.69, 9.17) is 0 Å². The van der Waals surface area contributed by atoms with Gasteiger partial charge in [0, 0.05) is 40.0 Å². The number of hydrogen-bond acceptors (Lipinski definition) is 2. The smallest absolute Gasteiger partial charge is 0.251 e. The standard InChI is InChI=1S/C22H21NO2S/c1-26(25)20-14-12-19(13-15-20)22(24)23-16-21(17-8-4-2-5-9-17)18-10-6-3-7-11-18/h2-15,21H,16H2,1H3,(H,23,24). The van der Waals surface area contributed by atoms with Crippen molar-refractivity contribution in [3.05, 3.63) is 102 Å². The van der Waals surface area contributed by atoms with Crippen LogP contribution >= 0.6 is 0 Å². The van der Waals surface area contributed by atoms with E-state index in [2.05, 4.69) is 29.6 Å². The van der Waals surface area contributed by atoms with Crippen molar-refractivity contribution in [3.8, 4) is 0 Å². The molecule has 0 spiro atoms. The number of nitrogens with one attached hydrogen (secondary N) is 1. The van der Waals surface area contributed by atoms with Crippen molar-refractivity contribution in [3.63, 3.8) is 0 Å². The average molecular weight is 363 g/mol. The van der Waals surface area contributed by atoms with Gasteiger partial charge in [-0.15, -0.1) is 0 Å². The SMILES string of the molecule is CS(=O)c1ccc(C(=O)NCC(c2ccccc2)c2ccccc2)cc1. The van der Waals surface area contributed by atoms with Crippen LogP contribution in [0, 0.1) is 0 Å². The zero-order valence-corrected chi connectivity index (χ0v) is 15.4. The van der Waals surface area contributed by atoms with E-state index in [1.54, 1.807) is 30.5 Å². The summed E-state index contributed by atoms with van der Waals surface area (Å²) < 4.78 is 11.5. The summed E-state index contributed by atoms with van der Waals surface area (Å²) in [4.78, 5) is 13.2. The van der Waals surface area contributed by atoms with Gasteiger partial charge >= 0.3 is 0 Å². The van der Waals surface area contributed by atoms with Crippen molar-refractivity contribution < 1.29 is 9.00 Å². The van der Waals surface area contributed by atoms with Crippen molar-refractivity contribution in [1.82, 2.24) is 5.32 Å². The summed E-state index contributed by atoms with van der Waals surface area (Å²) >= 11 is 0. The molecule has 1 amide bonds. The van der Waals surface area contributed by atoms with Gasteiger partial charge in [-0.3, -0.25) is 9.00 Å². The number of hydrogen-bond donors (Lipinski definition) is 1. The van der Waals surface area contributed by atoms with Gasteiger partial charge in [0.15, 0.2) is 0 Å². The van der Waals surface area contributed by atoms with Gasteiger partial charge in [0.05, 0.1) is 0 Å². The summed E-state index contributed by atoms with van der Waals surface area (Å²) in [5.74, 6) is -0.0425. The fourth-order valence-electron chi connectivity index (χ4n) is 2.89. The summed E-state index contributed by atoms with van der Waals surface area (Å²) in [6.45, 7) is 0.508. The minimum Gasteiger partial charge on any atom is -0.351 e. The second-order valence-corrected chi connectivity index (χ2v) is 7.44. The third-order valence-electron chi connectivity index (χ3n) is 4.32. The van der Waals surface area contributed by atoms with Gasteiger partial charge in [-0.1, -0.05) is 60.7 Å². The Morgan fingerprint density at radius 1 is 0.846 bits per heavy atom. The molecule has 0 bridgehead atoms. The second-order valence-electron chi connectivity index (χ2n) is 6.06. The Balaban J connectivity index is 1.75. The van der Waals surface area contributed by atoms with Crippen LogP contribution in [0.5, 0.6) is 0 Å². The Kier molecular flexibility index (Phi) is 5.97. The Hall–Kier alpha value is -2.72. The van der Waals surface area contributed by atoms with Gasteiger partial charge < -0.3 is 5.32 Å². The summed E-state index contributed by atoms with van der Waals surface area (Å²) in [6.07, 6.45) is 1.62. The molecule has 3 aromatic carbocycles. The highest BCUT2D eigenvalue weighted by Crippen LogP contribution is 2.23. The molecule has 0 aliphatic heterocycles. The van der Waals surface area contributed by atoms with Crippen LogP contribution in [-0.2, 0) is 10.8 Å². The van der Waals surface area contributed by atoms with Crippen molar-refractivity contribution in [2.24, 2.45) is 0 Å². The van der Waals surface area contributed by atoms with Crippen molar-refractivity contribution in [2.45, 2.75) is 10.8 Å². The Labute approximate surface area is 156 Å². The van der Waals surface area contributed by atoms with E-state index in [0.717, 1.165) is 11.1 Å². The Morgan fingerprint density at radius 2 is 1.35 bits per heavy atom. The fraction of sp³-hybridized carbons (Fsp3) is 0.136. The maximum Gasteiger partial charge on any atom is 0.251 e. The summed E-state index contributed by atoms with van der Waals surface area (Å²) in [5, 5.41) is 3.03. The maximum atomic E-state index is 12.5. The lowest BCUT2D eigenvalue weighted by atomic mass is 9.91.